The summed E-state index contributed by atoms with van der Waals surface area (Å²) in [5.74, 6) is -0.384. The number of nitrogens with one attached hydrogen (secondary N) is 1. The van der Waals surface area contributed by atoms with Crippen molar-refractivity contribution in [3.05, 3.63) is 33.1 Å². The smallest absolute Gasteiger partial charge is 0.463 e. The van der Waals surface area contributed by atoms with Gasteiger partial charge in [0.25, 0.3) is 5.56 Å². The van der Waals surface area contributed by atoms with E-state index in [-0.39, 0.29) is 38.1 Å². The number of esters is 1. The second kappa shape index (κ2) is 8.74. The first-order chi connectivity index (χ1) is 14.0. The van der Waals surface area contributed by atoms with E-state index in [1.807, 2.05) is 0 Å². The summed E-state index contributed by atoms with van der Waals surface area (Å²) < 4.78 is 40.9. The van der Waals surface area contributed by atoms with Gasteiger partial charge in [0, 0.05) is 18.7 Å². The number of nitrogens with two attached hydrogens (primary N) is 1. The molecule has 0 bridgehead atoms. The largest absolute Gasteiger partial charge is 0.475 e. The molecular formula is C17H26N3O9P. The lowest BCUT2D eigenvalue weighted by molar-refractivity contribution is -0.147. The van der Waals surface area contributed by atoms with Gasteiger partial charge in [-0.3, -0.25) is 32.7 Å². The number of ether oxygens (including phenoxy) is 2. The van der Waals surface area contributed by atoms with Gasteiger partial charge in [-0.15, -0.1) is 0 Å². The summed E-state index contributed by atoms with van der Waals surface area (Å²) in [7, 11) is -3.95. The van der Waals surface area contributed by atoms with Crippen LogP contribution < -0.4 is 17.0 Å². The quantitative estimate of drug-likeness (QED) is 0.340. The standard InChI is InChI=1S/C17H26N3O9P/c1-10(2)27-13(22)5-4-8-25-30(24)26-9-11-14(29-30)17(3,18)15(28-11)20-7-6-12(21)19-16(20)23/h6-7,10-11,14-15H,4-5,8-9,18H2,1-3H3,(H,19,21,23)/t11-,14-,15-,17-,30+/m1/s1. The zero-order valence-corrected chi connectivity index (χ0v) is 17.8. The third-order valence-corrected chi connectivity index (χ3v) is 6.12. The maximum atomic E-state index is 12.8. The molecule has 3 heterocycles. The Morgan fingerprint density at radius 3 is 2.87 bits per heavy atom. The zero-order chi connectivity index (χ0) is 22.1. The lowest BCUT2D eigenvalue weighted by Crippen LogP contribution is -2.55. The maximum absolute atomic E-state index is 12.8. The molecule has 0 amide bonds. The number of carbonyl (C=O) groups is 1. The fraction of sp³-hybridized carbons (Fsp3) is 0.706. The molecule has 0 aliphatic carbocycles. The summed E-state index contributed by atoms with van der Waals surface area (Å²) in [6.07, 6.45) is -1.17. The van der Waals surface area contributed by atoms with Crippen molar-refractivity contribution in [2.24, 2.45) is 5.73 Å². The number of carbonyl (C=O) groups excluding carboxylic acids is 1. The molecule has 0 saturated carbocycles. The minimum absolute atomic E-state index is 0.0488. The summed E-state index contributed by atoms with van der Waals surface area (Å²) in [5, 5.41) is 0. The van der Waals surface area contributed by atoms with Crippen molar-refractivity contribution < 1.29 is 32.4 Å². The molecule has 12 nitrogen and oxygen atoms in total. The minimum atomic E-state index is -3.95. The van der Waals surface area contributed by atoms with Crippen LogP contribution in [-0.4, -0.2) is 52.6 Å². The normalized spacial score (nSPS) is 33.4. The molecule has 3 N–H and O–H groups in total. The van der Waals surface area contributed by atoms with E-state index in [1.54, 1.807) is 20.8 Å². The minimum Gasteiger partial charge on any atom is -0.463 e. The number of rotatable bonds is 7. The molecule has 0 aromatic carbocycles. The monoisotopic (exact) mass is 447 g/mol. The molecule has 0 radical (unpaired) electrons. The molecule has 2 aliphatic heterocycles. The van der Waals surface area contributed by atoms with E-state index in [9.17, 15) is 18.9 Å². The van der Waals surface area contributed by atoms with Crippen molar-refractivity contribution in [3.8, 4) is 0 Å². The first kappa shape index (κ1) is 22.9. The number of phosphoric ester groups is 1. The Kier molecular flexibility index (Phi) is 6.66. The van der Waals surface area contributed by atoms with E-state index in [1.165, 1.54) is 12.3 Å². The summed E-state index contributed by atoms with van der Waals surface area (Å²) >= 11 is 0. The van der Waals surface area contributed by atoms with E-state index in [4.69, 9.17) is 28.8 Å². The lowest BCUT2D eigenvalue weighted by Gasteiger charge is -2.35. The highest BCUT2D eigenvalue weighted by atomic mass is 31.2. The van der Waals surface area contributed by atoms with Crippen LogP contribution >= 0.6 is 7.82 Å². The topological polar surface area (TPSA) is 161 Å². The maximum Gasteiger partial charge on any atom is 0.475 e. The number of hydrogen-bond acceptors (Lipinski definition) is 10. The fourth-order valence-corrected chi connectivity index (χ4v) is 4.85. The van der Waals surface area contributed by atoms with Gasteiger partial charge in [0.2, 0.25) is 0 Å². The van der Waals surface area contributed by atoms with Crippen molar-refractivity contribution in [3.63, 3.8) is 0 Å². The second-order valence-electron chi connectivity index (χ2n) is 7.65. The van der Waals surface area contributed by atoms with Gasteiger partial charge < -0.3 is 15.2 Å². The molecule has 30 heavy (non-hydrogen) atoms. The van der Waals surface area contributed by atoms with E-state index in [0.717, 1.165) is 4.57 Å². The SMILES string of the molecule is CC(C)OC(=O)CCCO[P@@]1(=O)OC[C@H]2O[C@@H](n3ccc(=O)[nH]c3=O)[C@](C)(N)[C@@H]2O1. The molecule has 0 spiro atoms. The van der Waals surface area contributed by atoms with Crippen LogP contribution in [0.15, 0.2) is 21.9 Å². The third kappa shape index (κ3) is 4.90. The van der Waals surface area contributed by atoms with Crippen LogP contribution in [0.25, 0.3) is 0 Å². The molecule has 2 saturated heterocycles. The van der Waals surface area contributed by atoms with Crippen LogP contribution in [0.2, 0.25) is 0 Å². The third-order valence-electron chi connectivity index (χ3n) is 4.67. The van der Waals surface area contributed by atoms with Crippen molar-refractivity contribution in [1.82, 2.24) is 9.55 Å². The summed E-state index contributed by atoms with van der Waals surface area (Å²) in [6, 6.07) is 1.17. The number of aromatic nitrogens is 2. The van der Waals surface area contributed by atoms with E-state index in [2.05, 4.69) is 4.98 Å². The summed E-state index contributed by atoms with van der Waals surface area (Å²) in [4.78, 5) is 37.1. The number of phosphoric acid groups is 1. The Balaban J connectivity index is 1.63. The van der Waals surface area contributed by atoms with E-state index < -0.39 is 43.0 Å². The van der Waals surface area contributed by atoms with Gasteiger partial charge in [-0.1, -0.05) is 0 Å². The van der Waals surface area contributed by atoms with Crippen molar-refractivity contribution >= 4 is 13.8 Å². The van der Waals surface area contributed by atoms with Crippen LogP contribution in [0.1, 0.15) is 39.8 Å². The zero-order valence-electron chi connectivity index (χ0n) is 16.9. The fourth-order valence-electron chi connectivity index (χ4n) is 3.33. The van der Waals surface area contributed by atoms with Crippen LogP contribution in [0, 0.1) is 0 Å². The number of H-pyrrole nitrogens is 1. The summed E-state index contributed by atoms with van der Waals surface area (Å²) in [5.41, 5.74) is 3.85. The Hall–Kier alpha value is -1.82. The highest BCUT2D eigenvalue weighted by Gasteiger charge is 2.59. The van der Waals surface area contributed by atoms with Gasteiger partial charge in [0.05, 0.1) is 24.9 Å². The average molecular weight is 447 g/mol. The first-order valence-corrected chi connectivity index (χ1v) is 11.0. The van der Waals surface area contributed by atoms with Crippen molar-refractivity contribution in [2.45, 2.75) is 63.7 Å². The molecule has 5 atom stereocenters. The highest BCUT2D eigenvalue weighted by molar-refractivity contribution is 7.48. The van der Waals surface area contributed by atoms with Crippen molar-refractivity contribution in [1.29, 1.82) is 0 Å². The molecule has 0 unspecified atom stereocenters. The van der Waals surface area contributed by atoms with Gasteiger partial charge in [-0.05, 0) is 27.2 Å². The molecule has 1 aromatic heterocycles. The molecule has 168 valence electrons. The molecule has 2 aliphatic rings. The van der Waals surface area contributed by atoms with Crippen LogP contribution in [-0.2, 0) is 32.4 Å². The van der Waals surface area contributed by atoms with E-state index >= 15 is 0 Å². The Morgan fingerprint density at radius 2 is 2.20 bits per heavy atom. The molecule has 13 heteroatoms. The number of hydrogen-bond donors (Lipinski definition) is 2. The average Bonchev–Trinajstić information content (AvgIpc) is 2.89. The number of nitrogens with zero attached hydrogens (tertiary/aromatic N) is 1. The summed E-state index contributed by atoms with van der Waals surface area (Å²) in [6.45, 7) is 4.90. The highest BCUT2D eigenvalue weighted by Crippen LogP contribution is 2.58. The van der Waals surface area contributed by atoms with Crippen LogP contribution in [0.5, 0.6) is 0 Å². The predicted octanol–water partition coefficient (Wildman–Crippen LogP) is 0.423. The lowest BCUT2D eigenvalue weighted by atomic mass is 9.93. The van der Waals surface area contributed by atoms with Gasteiger partial charge >= 0.3 is 19.5 Å². The first-order valence-electron chi connectivity index (χ1n) is 9.54. The molecular weight excluding hydrogens is 421 g/mol. The number of aromatic amines is 1. The van der Waals surface area contributed by atoms with Crippen molar-refractivity contribution in [2.75, 3.05) is 13.2 Å². The second-order valence-corrected chi connectivity index (χ2v) is 9.28. The molecule has 3 rings (SSSR count). The van der Waals surface area contributed by atoms with Gasteiger partial charge in [0.15, 0.2) is 6.23 Å². The van der Waals surface area contributed by atoms with Gasteiger partial charge in [0.1, 0.15) is 12.2 Å². The predicted molar refractivity (Wildman–Crippen MR) is 103 cm³/mol. The Morgan fingerprint density at radius 1 is 1.47 bits per heavy atom. The molecule has 2 fully saturated rings. The van der Waals surface area contributed by atoms with Gasteiger partial charge in [-0.2, -0.15) is 0 Å². The number of fused-ring (bicyclic) bond motifs is 1. The van der Waals surface area contributed by atoms with Crippen LogP contribution in [0.4, 0.5) is 0 Å². The Bertz CT molecular complexity index is 941. The molecule has 1 aromatic rings. The Labute approximate surface area is 172 Å². The van der Waals surface area contributed by atoms with E-state index in [0.29, 0.717) is 0 Å². The van der Waals surface area contributed by atoms with Crippen LogP contribution in [0.3, 0.4) is 0 Å². The van der Waals surface area contributed by atoms with Gasteiger partial charge in [-0.25, -0.2) is 9.36 Å².